The minimum absolute atomic E-state index is 0.0166. The van der Waals surface area contributed by atoms with Crippen LogP contribution in [0.2, 0.25) is 5.02 Å². The first kappa shape index (κ1) is 13.6. The number of benzene rings is 1. The second-order valence-electron chi connectivity index (χ2n) is 4.49. The summed E-state index contributed by atoms with van der Waals surface area (Å²) in [5.74, 6) is 0.758. The Morgan fingerprint density at radius 3 is 2.84 bits per heavy atom. The van der Waals surface area contributed by atoms with Gasteiger partial charge in [-0.25, -0.2) is 0 Å². The number of aromatic nitrogens is 1. The molecule has 0 unspecified atom stereocenters. The maximum atomic E-state index is 12.1. The fourth-order valence-electron chi connectivity index (χ4n) is 1.78. The fourth-order valence-corrected chi connectivity index (χ4v) is 1.99. The molecule has 0 atom stereocenters. The highest BCUT2D eigenvalue weighted by Crippen LogP contribution is 2.12. The van der Waals surface area contributed by atoms with Gasteiger partial charge in [-0.1, -0.05) is 28.9 Å². The van der Waals surface area contributed by atoms with E-state index in [0.29, 0.717) is 18.0 Å². The van der Waals surface area contributed by atoms with Crippen LogP contribution in [0.15, 0.2) is 34.9 Å². The van der Waals surface area contributed by atoms with Crippen LogP contribution in [0.4, 0.5) is 0 Å². The molecule has 5 heteroatoms. The molecule has 1 heterocycles. The standard InChI is InChI=1S/C14H15ClN2O2/c1-10-6-13(16-19-10)9-17(2)14(18)8-11-4-3-5-12(15)7-11/h3-7H,8-9H2,1-2H3. The SMILES string of the molecule is Cc1cc(CN(C)C(=O)Cc2cccc(Cl)c2)no1. The van der Waals surface area contributed by atoms with Crippen molar-refractivity contribution in [2.75, 3.05) is 7.05 Å². The van der Waals surface area contributed by atoms with Crippen LogP contribution in [0, 0.1) is 6.92 Å². The van der Waals surface area contributed by atoms with E-state index in [4.69, 9.17) is 16.1 Å². The van der Waals surface area contributed by atoms with Crippen molar-refractivity contribution in [1.29, 1.82) is 0 Å². The molecule has 0 saturated heterocycles. The Balaban J connectivity index is 1.96. The summed E-state index contributed by atoms with van der Waals surface area (Å²) in [5.41, 5.74) is 1.65. The van der Waals surface area contributed by atoms with E-state index >= 15 is 0 Å². The molecule has 100 valence electrons. The maximum Gasteiger partial charge on any atom is 0.227 e. The lowest BCUT2D eigenvalue weighted by Crippen LogP contribution is -2.27. The Labute approximate surface area is 117 Å². The van der Waals surface area contributed by atoms with Crippen LogP contribution in [0.1, 0.15) is 17.0 Å². The van der Waals surface area contributed by atoms with Gasteiger partial charge in [-0.3, -0.25) is 4.79 Å². The Morgan fingerprint density at radius 2 is 2.21 bits per heavy atom. The summed E-state index contributed by atoms with van der Waals surface area (Å²) in [5, 5.41) is 4.51. The number of halogens is 1. The van der Waals surface area contributed by atoms with Crippen molar-refractivity contribution in [3.8, 4) is 0 Å². The van der Waals surface area contributed by atoms with Crippen LogP contribution in [-0.4, -0.2) is 23.0 Å². The van der Waals surface area contributed by atoms with Gasteiger partial charge >= 0.3 is 0 Å². The topological polar surface area (TPSA) is 46.3 Å². The predicted octanol–water partition coefficient (Wildman–Crippen LogP) is 2.84. The van der Waals surface area contributed by atoms with E-state index in [1.807, 2.05) is 25.1 Å². The molecule has 0 fully saturated rings. The summed E-state index contributed by atoms with van der Waals surface area (Å²) < 4.78 is 4.97. The average Bonchev–Trinajstić information content (AvgIpc) is 2.74. The first-order valence-corrected chi connectivity index (χ1v) is 6.33. The molecule has 4 nitrogen and oxygen atoms in total. The fraction of sp³-hybridized carbons (Fsp3) is 0.286. The van der Waals surface area contributed by atoms with Crippen molar-refractivity contribution in [1.82, 2.24) is 10.1 Å². The number of hydrogen-bond donors (Lipinski definition) is 0. The molecule has 2 aromatic rings. The van der Waals surface area contributed by atoms with E-state index in [1.54, 1.807) is 24.1 Å². The number of hydrogen-bond acceptors (Lipinski definition) is 3. The first-order chi connectivity index (χ1) is 9.04. The maximum absolute atomic E-state index is 12.1. The summed E-state index contributed by atoms with van der Waals surface area (Å²) in [4.78, 5) is 13.7. The molecule has 2 rings (SSSR count). The van der Waals surface area contributed by atoms with E-state index in [1.165, 1.54) is 0 Å². The van der Waals surface area contributed by atoms with Gasteiger partial charge in [-0.2, -0.15) is 0 Å². The molecule has 0 bridgehead atoms. The lowest BCUT2D eigenvalue weighted by atomic mass is 10.1. The van der Waals surface area contributed by atoms with Crippen LogP contribution in [-0.2, 0) is 17.8 Å². The summed E-state index contributed by atoms with van der Waals surface area (Å²) in [6.07, 6.45) is 0.327. The van der Waals surface area contributed by atoms with Gasteiger partial charge in [0.1, 0.15) is 11.5 Å². The highest BCUT2D eigenvalue weighted by molar-refractivity contribution is 6.30. The largest absolute Gasteiger partial charge is 0.361 e. The second kappa shape index (κ2) is 5.89. The van der Waals surface area contributed by atoms with Crippen molar-refractivity contribution in [3.63, 3.8) is 0 Å². The van der Waals surface area contributed by atoms with E-state index < -0.39 is 0 Å². The lowest BCUT2D eigenvalue weighted by Gasteiger charge is -2.15. The minimum Gasteiger partial charge on any atom is -0.361 e. The molecular weight excluding hydrogens is 264 g/mol. The molecule has 0 saturated carbocycles. The smallest absolute Gasteiger partial charge is 0.227 e. The van der Waals surface area contributed by atoms with E-state index in [0.717, 1.165) is 17.0 Å². The normalized spacial score (nSPS) is 10.5. The predicted molar refractivity (Wildman–Crippen MR) is 72.9 cm³/mol. The van der Waals surface area contributed by atoms with Crippen LogP contribution >= 0.6 is 11.6 Å². The number of rotatable bonds is 4. The van der Waals surface area contributed by atoms with Gasteiger partial charge in [0.15, 0.2) is 0 Å². The Kier molecular flexibility index (Phi) is 4.22. The van der Waals surface area contributed by atoms with Gasteiger partial charge in [0.2, 0.25) is 5.91 Å². The monoisotopic (exact) mass is 278 g/mol. The zero-order valence-electron chi connectivity index (χ0n) is 10.9. The molecule has 1 aromatic carbocycles. The van der Waals surface area contributed by atoms with Crippen molar-refractivity contribution in [3.05, 3.63) is 52.4 Å². The van der Waals surface area contributed by atoms with Crippen LogP contribution in [0.3, 0.4) is 0 Å². The third-order valence-corrected chi connectivity index (χ3v) is 2.98. The van der Waals surface area contributed by atoms with Gasteiger partial charge in [-0.15, -0.1) is 0 Å². The summed E-state index contributed by atoms with van der Waals surface area (Å²) in [6, 6.07) is 9.14. The van der Waals surface area contributed by atoms with Gasteiger partial charge < -0.3 is 9.42 Å². The van der Waals surface area contributed by atoms with Gasteiger partial charge in [0, 0.05) is 18.1 Å². The highest BCUT2D eigenvalue weighted by atomic mass is 35.5. The zero-order valence-corrected chi connectivity index (χ0v) is 11.6. The molecule has 0 radical (unpaired) electrons. The third-order valence-electron chi connectivity index (χ3n) is 2.75. The molecule has 0 spiro atoms. The first-order valence-electron chi connectivity index (χ1n) is 5.95. The molecule has 0 aliphatic carbocycles. The zero-order chi connectivity index (χ0) is 13.8. The van der Waals surface area contributed by atoms with Crippen LogP contribution in [0.25, 0.3) is 0 Å². The highest BCUT2D eigenvalue weighted by Gasteiger charge is 2.12. The van der Waals surface area contributed by atoms with Crippen molar-refractivity contribution in [2.24, 2.45) is 0 Å². The van der Waals surface area contributed by atoms with Crippen LogP contribution < -0.4 is 0 Å². The lowest BCUT2D eigenvalue weighted by molar-refractivity contribution is -0.129. The molecule has 0 N–H and O–H groups in total. The molecule has 1 amide bonds. The third kappa shape index (κ3) is 3.83. The molecular formula is C14H15ClN2O2. The number of amides is 1. The quantitative estimate of drug-likeness (QED) is 0.864. The van der Waals surface area contributed by atoms with Gasteiger partial charge in [0.25, 0.3) is 0 Å². The summed E-state index contributed by atoms with van der Waals surface area (Å²) in [7, 11) is 1.75. The van der Waals surface area contributed by atoms with Crippen molar-refractivity contribution in [2.45, 2.75) is 19.9 Å². The van der Waals surface area contributed by atoms with E-state index in [2.05, 4.69) is 5.16 Å². The Morgan fingerprint density at radius 1 is 1.42 bits per heavy atom. The number of carbonyl (C=O) groups excluding carboxylic acids is 1. The Bertz CT molecular complexity index is 580. The van der Waals surface area contributed by atoms with Crippen molar-refractivity contribution < 1.29 is 9.32 Å². The molecule has 1 aromatic heterocycles. The van der Waals surface area contributed by atoms with Gasteiger partial charge in [0.05, 0.1) is 13.0 Å². The summed E-state index contributed by atoms with van der Waals surface area (Å²) >= 11 is 5.89. The number of likely N-dealkylation sites (N-methyl/N-ethyl adjacent to an activating group) is 1. The molecule has 0 aliphatic heterocycles. The van der Waals surface area contributed by atoms with E-state index in [9.17, 15) is 4.79 Å². The minimum atomic E-state index is 0.0166. The molecule has 0 aliphatic rings. The summed E-state index contributed by atoms with van der Waals surface area (Å²) in [6.45, 7) is 2.26. The molecule has 19 heavy (non-hydrogen) atoms. The number of nitrogens with zero attached hydrogens (tertiary/aromatic N) is 2. The second-order valence-corrected chi connectivity index (χ2v) is 4.92. The number of aryl methyl sites for hydroxylation is 1. The number of carbonyl (C=O) groups is 1. The average molecular weight is 279 g/mol. The Hall–Kier alpha value is -1.81. The van der Waals surface area contributed by atoms with Gasteiger partial charge in [-0.05, 0) is 24.6 Å². The van der Waals surface area contributed by atoms with Crippen molar-refractivity contribution >= 4 is 17.5 Å². The van der Waals surface area contributed by atoms with E-state index in [-0.39, 0.29) is 5.91 Å². The van der Waals surface area contributed by atoms with Crippen LogP contribution in [0.5, 0.6) is 0 Å².